The van der Waals surface area contributed by atoms with E-state index in [1.54, 1.807) is 13.3 Å². The molecule has 4 heteroatoms. The smallest absolute Gasteiger partial charge is 0.164 e. The minimum atomic E-state index is 0.335. The van der Waals surface area contributed by atoms with Crippen LogP contribution in [0, 0.1) is 0 Å². The van der Waals surface area contributed by atoms with E-state index >= 15 is 0 Å². The van der Waals surface area contributed by atoms with Crippen molar-refractivity contribution >= 4 is 5.57 Å². The van der Waals surface area contributed by atoms with Crippen molar-refractivity contribution in [2.75, 3.05) is 20.7 Å². The zero-order valence-electron chi connectivity index (χ0n) is 11.4. The molecule has 0 aliphatic carbocycles. The van der Waals surface area contributed by atoms with Crippen LogP contribution >= 0.6 is 0 Å². The van der Waals surface area contributed by atoms with Crippen LogP contribution in [0.2, 0.25) is 0 Å². The van der Waals surface area contributed by atoms with Crippen LogP contribution in [0.4, 0.5) is 0 Å². The first-order valence-corrected chi connectivity index (χ1v) is 6.05. The fourth-order valence-electron chi connectivity index (χ4n) is 1.79. The molecule has 1 heterocycles. The molecular weight excluding hydrogens is 214 g/mol. The first-order chi connectivity index (χ1) is 8.11. The van der Waals surface area contributed by atoms with Gasteiger partial charge in [-0.05, 0) is 46.4 Å². The molecule has 1 rings (SSSR count). The Morgan fingerprint density at radius 1 is 1.59 bits per heavy atom. The van der Waals surface area contributed by atoms with Gasteiger partial charge in [0.15, 0.2) is 5.75 Å². The fraction of sp³-hybridized carbons (Fsp3) is 0.615. The molecule has 0 spiro atoms. The van der Waals surface area contributed by atoms with Crippen LogP contribution in [-0.2, 0) is 0 Å². The maximum Gasteiger partial charge on any atom is 0.164 e. The van der Waals surface area contributed by atoms with Crippen LogP contribution in [-0.4, -0.2) is 30.5 Å². The molecule has 0 aromatic carbocycles. The highest BCUT2D eigenvalue weighted by Crippen LogP contribution is 2.28. The van der Waals surface area contributed by atoms with E-state index in [4.69, 9.17) is 4.74 Å². The molecule has 17 heavy (non-hydrogen) atoms. The Kier molecular flexibility index (Phi) is 5.22. The van der Waals surface area contributed by atoms with Crippen molar-refractivity contribution in [1.29, 1.82) is 0 Å². The molecule has 0 fully saturated rings. The standard InChI is InChI=1S/C13H23N3O/c1-10(2)16-13(12(17-5)9-15-16)11(3)7-6-8-14-4/h7,9-10,14H,6,8H2,1-5H3/b11-7-. The summed E-state index contributed by atoms with van der Waals surface area (Å²) in [5, 5.41) is 7.51. The van der Waals surface area contributed by atoms with Gasteiger partial charge in [0.2, 0.25) is 0 Å². The zero-order chi connectivity index (χ0) is 12.8. The molecule has 0 saturated heterocycles. The largest absolute Gasteiger partial charge is 0.493 e. The monoisotopic (exact) mass is 237 g/mol. The van der Waals surface area contributed by atoms with E-state index in [0.717, 1.165) is 24.4 Å². The van der Waals surface area contributed by atoms with E-state index in [-0.39, 0.29) is 0 Å². The van der Waals surface area contributed by atoms with Gasteiger partial charge in [-0.2, -0.15) is 5.10 Å². The fourth-order valence-corrected chi connectivity index (χ4v) is 1.79. The number of allylic oxidation sites excluding steroid dienone is 1. The van der Waals surface area contributed by atoms with Crippen molar-refractivity contribution in [2.24, 2.45) is 0 Å². The molecular formula is C13H23N3O. The predicted molar refractivity (Wildman–Crippen MR) is 71.4 cm³/mol. The van der Waals surface area contributed by atoms with E-state index in [2.05, 4.69) is 37.3 Å². The van der Waals surface area contributed by atoms with Crippen LogP contribution in [0.1, 0.15) is 38.9 Å². The van der Waals surface area contributed by atoms with E-state index < -0.39 is 0 Å². The number of nitrogens with one attached hydrogen (secondary N) is 1. The molecule has 0 radical (unpaired) electrons. The highest BCUT2D eigenvalue weighted by molar-refractivity contribution is 5.66. The van der Waals surface area contributed by atoms with Gasteiger partial charge in [0.05, 0.1) is 13.3 Å². The number of aromatic nitrogens is 2. The molecule has 1 aromatic heterocycles. The van der Waals surface area contributed by atoms with E-state index in [9.17, 15) is 0 Å². The van der Waals surface area contributed by atoms with Gasteiger partial charge in [-0.25, -0.2) is 0 Å². The number of rotatable bonds is 6. The lowest BCUT2D eigenvalue weighted by molar-refractivity contribution is 0.410. The number of methoxy groups -OCH3 is 1. The van der Waals surface area contributed by atoms with Gasteiger partial charge < -0.3 is 10.1 Å². The summed E-state index contributed by atoms with van der Waals surface area (Å²) in [5.74, 6) is 0.844. The molecule has 0 bridgehead atoms. The second kappa shape index (κ2) is 6.45. The Hall–Kier alpha value is -1.29. The molecule has 0 amide bonds. The maximum atomic E-state index is 5.36. The zero-order valence-corrected chi connectivity index (χ0v) is 11.4. The molecule has 1 aromatic rings. The second-order valence-corrected chi connectivity index (χ2v) is 4.38. The molecule has 0 atom stereocenters. The van der Waals surface area contributed by atoms with Gasteiger partial charge in [-0.1, -0.05) is 6.08 Å². The number of nitrogens with zero attached hydrogens (tertiary/aromatic N) is 2. The van der Waals surface area contributed by atoms with Crippen molar-refractivity contribution in [3.8, 4) is 5.75 Å². The van der Waals surface area contributed by atoms with E-state index in [1.807, 2.05) is 11.7 Å². The average molecular weight is 237 g/mol. The molecule has 96 valence electrons. The average Bonchev–Trinajstić information content (AvgIpc) is 2.72. The minimum Gasteiger partial charge on any atom is -0.493 e. The molecule has 0 unspecified atom stereocenters. The lowest BCUT2D eigenvalue weighted by Gasteiger charge is -2.12. The lowest BCUT2D eigenvalue weighted by atomic mass is 10.1. The minimum absolute atomic E-state index is 0.335. The maximum absolute atomic E-state index is 5.36. The van der Waals surface area contributed by atoms with Crippen LogP contribution in [0.5, 0.6) is 5.75 Å². The topological polar surface area (TPSA) is 39.1 Å². The van der Waals surface area contributed by atoms with Crippen LogP contribution in [0.15, 0.2) is 12.3 Å². The Morgan fingerprint density at radius 2 is 2.29 bits per heavy atom. The molecule has 0 aliphatic heterocycles. The Morgan fingerprint density at radius 3 is 2.82 bits per heavy atom. The van der Waals surface area contributed by atoms with E-state index in [0.29, 0.717) is 6.04 Å². The summed E-state index contributed by atoms with van der Waals surface area (Å²) in [6.45, 7) is 7.33. The van der Waals surface area contributed by atoms with Crippen LogP contribution in [0.3, 0.4) is 0 Å². The van der Waals surface area contributed by atoms with Gasteiger partial charge >= 0.3 is 0 Å². The normalized spacial score (nSPS) is 12.2. The summed E-state index contributed by atoms with van der Waals surface area (Å²) in [5.41, 5.74) is 2.29. The number of ether oxygens (including phenoxy) is 1. The third-order valence-corrected chi connectivity index (χ3v) is 2.69. The third kappa shape index (κ3) is 3.33. The van der Waals surface area contributed by atoms with Gasteiger partial charge in [-0.3, -0.25) is 4.68 Å². The van der Waals surface area contributed by atoms with Gasteiger partial charge in [-0.15, -0.1) is 0 Å². The summed E-state index contributed by atoms with van der Waals surface area (Å²) in [4.78, 5) is 0. The van der Waals surface area contributed by atoms with E-state index in [1.165, 1.54) is 5.57 Å². The van der Waals surface area contributed by atoms with Crippen molar-refractivity contribution in [3.05, 3.63) is 18.0 Å². The van der Waals surface area contributed by atoms with Gasteiger partial charge in [0.25, 0.3) is 0 Å². The first-order valence-electron chi connectivity index (χ1n) is 6.05. The summed E-state index contributed by atoms with van der Waals surface area (Å²) in [7, 11) is 3.65. The van der Waals surface area contributed by atoms with Crippen molar-refractivity contribution in [1.82, 2.24) is 15.1 Å². The number of hydrogen-bond donors (Lipinski definition) is 1. The molecule has 0 saturated carbocycles. The highest BCUT2D eigenvalue weighted by atomic mass is 16.5. The van der Waals surface area contributed by atoms with Crippen LogP contribution < -0.4 is 10.1 Å². The predicted octanol–water partition coefficient (Wildman–Crippen LogP) is 2.49. The Bertz CT molecular complexity index is 380. The van der Waals surface area contributed by atoms with Gasteiger partial charge in [0, 0.05) is 6.04 Å². The summed E-state index contributed by atoms with van der Waals surface area (Å²) >= 11 is 0. The molecule has 1 N–H and O–H groups in total. The first kappa shape index (κ1) is 13.8. The van der Waals surface area contributed by atoms with Crippen LogP contribution in [0.25, 0.3) is 5.57 Å². The third-order valence-electron chi connectivity index (χ3n) is 2.69. The van der Waals surface area contributed by atoms with Crippen molar-refractivity contribution < 1.29 is 4.74 Å². The van der Waals surface area contributed by atoms with Crippen molar-refractivity contribution in [2.45, 2.75) is 33.2 Å². The SMILES string of the molecule is CNCC/C=C(/C)c1c(OC)cnn1C(C)C. The number of hydrogen-bond acceptors (Lipinski definition) is 3. The Balaban J connectivity index is 3.00. The summed E-state index contributed by atoms with van der Waals surface area (Å²) < 4.78 is 7.37. The Labute approximate surface area is 104 Å². The summed E-state index contributed by atoms with van der Waals surface area (Å²) in [6, 6.07) is 0.335. The molecule has 4 nitrogen and oxygen atoms in total. The highest BCUT2D eigenvalue weighted by Gasteiger charge is 2.14. The summed E-state index contributed by atoms with van der Waals surface area (Å²) in [6.07, 6.45) is 5.01. The second-order valence-electron chi connectivity index (χ2n) is 4.38. The lowest BCUT2D eigenvalue weighted by Crippen LogP contribution is -2.08. The van der Waals surface area contributed by atoms with Gasteiger partial charge in [0.1, 0.15) is 5.69 Å². The van der Waals surface area contributed by atoms with Crippen molar-refractivity contribution in [3.63, 3.8) is 0 Å². The quantitative estimate of drug-likeness (QED) is 0.773. The molecule has 0 aliphatic rings.